The molecule has 2 heterocycles. The molecule has 1 aliphatic heterocycles. The third-order valence-corrected chi connectivity index (χ3v) is 5.17. The number of pyridine rings is 1. The number of anilines is 3. The Balaban J connectivity index is 1.69. The smallest absolute Gasteiger partial charge is 0.262 e. The van der Waals surface area contributed by atoms with Crippen LogP contribution < -0.4 is 10.2 Å². The maximum absolute atomic E-state index is 13.5. The van der Waals surface area contributed by atoms with Crippen molar-refractivity contribution in [3.05, 3.63) is 88.6 Å². The maximum Gasteiger partial charge on any atom is 0.262 e. The van der Waals surface area contributed by atoms with E-state index in [0.717, 1.165) is 5.56 Å². The summed E-state index contributed by atoms with van der Waals surface area (Å²) in [6.45, 7) is 0. The van der Waals surface area contributed by atoms with Crippen LogP contribution in [-0.4, -0.2) is 22.7 Å². The average Bonchev–Trinajstić information content (AvgIpc) is 2.70. The second-order valence-corrected chi connectivity index (χ2v) is 7.05. The van der Waals surface area contributed by atoms with E-state index in [1.54, 1.807) is 48.7 Å². The molecule has 5 nitrogen and oxygen atoms in total. The molecule has 0 radical (unpaired) electrons. The van der Waals surface area contributed by atoms with Gasteiger partial charge in [-0.2, -0.15) is 0 Å². The summed E-state index contributed by atoms with van der Waals surface area (Å²) in [7, 11) is 0. The van der Waals surface area contributed by atoms with Crippen molar-refractivity contribution in [3.8, 4) is 0 Å². The zero-order valence-electron chi connectivity index (χ0n) is 14.6. The summed E-state index contributed by atoms with van der Waals surface area (Å²) in [5, 5.41) is 3.68. The maximum atomic E-state index is 13.5. The Morgan fingerprint density at radius 3 is 2.68 bits per heavy atom. The number of hydrogen-bond donors (Lipinski definition) is 1. The molecule has 0 fully saturated rings. The quantitative estimate of drug-likeness (QED) is 0.706. The van der Waals surface area contributed by atoms with Gasteiger partial charge in [0.15, 0.2) is 5.78 Å². The largest absolute Gasteiger partial charge is 0.340 e. The van der Waals surface area contributed by atoms with Gasteiger partial charge >= 0.3 is 0 Å². The molecule has 1 unspecified atom stereocenters. The fourth-order valence-corrected chi connectivity index (χ4v) is 3.89. The zero-order chi connectivity index (χ0) is 19.3. The summed E-state index contributed by atoms with van der Waals surface area (Å²) in [5.74, 6) is 0.255. The molecule has 0 saturated heterocycles. The van der Waals surface area contributed by atoms with Crippen LogP contribution in [0.5, 0.6) is 0 Å². The molecule has 2 bridgehead atoms. The number of aromatic nitrogens is 1. The van der Waals surface area contributed by atoms with Gasteiger partial charge in [0.2, 0.25) is 0 Å². The van der Waals surface area contributed by atoms with Crippen LogP contribution in [0.2, 0.25) is 5.02 Å². The average molecular weight is 388 g/mol. The van der Waals surface area contributed by atoms with Crippen LogP contribution in [-0.2, 0) is 0 Å². The fourth-order valence-electron chi connectivity index (χ4n) is 3.71. The SMILES string of the molecule is O=C1c2c3ccc(Nc4ccccn4)c2C(=O)N(c2cccc(Cl)c2)C1C=C3. The Bertz CT molecular complexity index is 1160. The molecule has 1 amide bonds. The number of hydrogen-bond acceptors (Lipinski definition) is 4. The van der Waals surface area contributed by atoms with Crippen molar-refractivity contribution in [2.45, 2.75) is 6.04 Å². The van der Waals surface area contributed by atoms with Crippen molar-refractivity contribution in [3.63, 3.8) is 0 Å². The predicted molar refractivity (Wildman–Crippen MR) is 109 cm³/mol. The van der Waals surface area contributed by atoms with Crippen molar-refractivity contribution >= 4 is 46.6 Å². The van der Waals surface area contributed by atoms with Crippen LogP contribution >= 0.6 is 11.6 Å². The van der Waals surface area contributed by atoms with E-state index in [9.17, 15) is 9.59 Å². The Kier molecular flexibility index (Phi) is 3.77. The van der Waals surface area contributed by atoms with Crippen molar-refractivity contribution < 1.29 is 9.59 Å². The van der Waals surface area contributed by atoms with Crippen LogP contribution in [0.3, 0.4) is 0 Å². The number of benzene rings is 2. The minimum absolute atomic E-state index is 0.100. The number of ketones is 1. The van der Waals surface area contributed by atoms with Crippen molar-refractivity contribution in [1.29, 1.82) is 0 Å². The molecule has 1 aromatic heterocycles. The highest BCUT2D eigenvalue weighted by Gasteiger charge is 2.42. The molecule has 28 heavy (non-hydrogen) atoms. The topological polar surface area (TPSA) is 62.3 Å². The molecule has 1 N–H and O–H groups in total. The number of nitrogens with zero attached hydrogens (tertiary/aromatic N) is 2. The van der Waals surface area contributed by atoms with E-state index in [1.165, 1.54) is 4.90 Å². The first kappa shape index (κ1) is 16.7. The molecule has 5 rings (SSSR count). The van der Waals surface area contributed by atoms with E-state index in [4.69, 9.17) is 11.6 Å². The number of halogens is 1. The minimum Gasteiger partial charge on any atom is -0.340 e. The number of carbonyl (C=O) groups is 2. The van der Waals surface area contributed by atoms with Gasteiger partial charge in [-0.1, -0.05) is 42.0 Å². The zero-order valence-corrected chi connectivity index (χ0v) is 15.4. The monoisotopic (exact) mass is 387 g/mol. The third-order valence-electron chi connectivity index (χ3n) is 4.94. The van der Waals surface area contributed by atoms with Gasteiger partial charge in [0.05, 0.1) is 11.3 Å². The number of rotatable bonds is 3. The molecule has 2 aliphatic rings. The van der Waals surface area contributed by atoms with E-state index in [1.807, 2.05) is 24.3 Å². The molecule has 136 valence electrons. The molecular formula is C22H14ClN3O2. The number of amides is 1. The van der Waals surface area contributed by atoms with Crippen LogP contribution in [0.25, 0.3) is 6.08 Å². The van der Waals surface area contributed by atoms with Gasteiger partial charge in [0, 0.05) is 22.5 Å². The summed E-state index contributed by atoms with van der Waals surface area (Å²) in [6.07, 6.45) is 5.31. The second kappa shape index (κ2) is 6.32. The van der Waals surface area contributed by atoms with E-state index in [0.29, 0.717) is 33.3 Å². The first-order valence-electron chi connectivity index (χ1n) is 8.80. The number of nitrogens with one attached hydrogen (secondary N) is 1. The molecule has 0 saturated carbocycles. The molecule has 1 aliphatic carbocycles. The van der Waals surface area contributed by atoms with Gasteiger partial charge in [0.25, 0.3) is 5.91 Å². The summed E-state index contributed by atoms with van der Waals surface area (Å²) < 4.78 is 0. The first-order valence-corrected chi connectivity index (χ1v) is 9.18. The van der Waals surface area contributed by atoms with Gasteiger partial charge < -0.3 is 5.32 Å². The van der Waals surface area contributed by atoms with E-state index in [2.05, 4.69) is 10.3 Å². The summed E-state index contributed by atoms with van der Waals surface area (Å²) >= 11 is 6.13. The van der Waals surface area contributed by atoms with Gasteiger partial charge in [-0.05, 0) is 42.0 Å². The van der Waals surface area contributed by atoms with Crippen molar-refractivity contribution in [1.82, 2.24) is 4.98 Å². The lowest BCUT2D eigenvalue weighted by Crippen LogP contribution is -2.50. The van der Waals surface area contributed by atoms with Crippen molar-refractivity contribution in [2.75, 3.05) is 10.2 Å². The van der Waals surface area contributed by atoms with Crippen LogP contribution in [0.15, 0.2) is 66.9 Å². The first-order chi connectivity index (χ1) is 13.6. The number of Topliss-reactive ketones (excluding diaryl/α,β-unsaturated/α-hetero) is 1. The van der Waals surface area contributed by atoms with E-state index < -0.39 is 6.04 Å². The highest BCUT2D eigenvalue weighted by atomic mass is 35.5. The Hall–Kier alpha value is -3.44. The summed E-state index contributed by atoms with van der Waals surface area (Å²) in [5.41, 5.74) is 2.70. The number of carbonyl (C=O) groups excluding carboxylic acids is 2. The standard InChI is InChI=1S/C22H14ClN3O2/c23-14-4-3-5-15(12-14)26-17-10-8-13-7-9-16(25-18-6-1-2-11-24-18)20(22(26)28)19(13)21(17)27/h1-12,17H,(H,24,25). The fraction of sp³-hybridized carbons (Fsp3) is 0.0455. The lowest BCUT2D eigenvalue weighted by molar-refractivity contribution is 0.0886. The lowest BCUT2D eigenvalue weighted by atomic mass is 9.83. The summed E-state index contributed by atoms with van der Waals surface area (Å²) in [6, 6.07) is 15.4. The van der Waals surface area contributed by atoms with E-state index in [-0.39, 0.29) is 11.7 Å². The predicted octanol–water partition coefficient (Wildman–Crippen LogP) is 4.72. The third kappa shape index (κ3) is 2.52. The van der Waals surface area contributed by atoms with Gasteiger partial charge in [-0.3, -0.25) is 14.5 Å². The molecule has 2 aromatic carbocycles. The van der Waals surface area contributed by atoms with Gasteiger partial charge in [-0.15, -0.1) is 0 Å². The van der Waals surface area contributed by atoms with Gasteiger partial charge in [-0.25, -0.2) is 4.98 Å². The molecule has 0 spiro atoms. The molecule has 6 heteroatoms. The highest BCUT2D eigenvalue weighted by Crippen LogP contribution is 2.39. The van der Waals surface area contributed by atoms with Crippen LogP contribution in [0, 0.1) is 0 Å². The normalized spacial score (nSPS) is 17.0. The minimum atomic E-state index is -0.670. The Morgan fingerprint density at radius 2 is 1.89 bits per heavy atom. The van der Waals surface area contributed by atoms with Crippen LogP contribution in [0.1, 0.15) is 26.3 Å². The molecule has 1 atom stereocenters. The Labute approximate surface area is 166 Å². The van der Waals surface area contributed by atoms with Crippen molar-refractivity contribution in [2.24, 2.45) is 0 Å². The lowest BCUT2D eigenvalue weighted by Gasteiger charge is -2.37. The Morgan fingerprint density at radius 1 is 1.00 bits per heavy atom. The van der Waals surface area contributed by atoms with E-state index >= 15 is 0 Å². The molecular weight excluding hydrogens is 374 g/mol. The summed E-state index contributed by atoms with van der Waals surface area (Å²) in [4.78, 5) is 32.5. The number of fused-ring (bicyclic) bond motifs is 1. The second-order valence-electron chi connectivity index (χ2n) is 6.62. The molecule has 3 aromatic rings. The van der Waals surface area contributed by atoms with Gasteiger partial charge in [0.1, 0.15) is 11.9 Å². The van der Waals surface area contributed by atoms with Crippen LogP contribution in [0.4, 0.5) is 17.2 Å². The highest BCUT2D eigenvalue weighted by molar-refractivity contribution is 6.31.